The Kier molecular flexibility index (Phi) is 5.08. The summed E-state index contributed by atoms with van der Waals surface area (Å²) in [5, 5.41) is 1.03. The Bertz CT molecular complexity index is 650. The van der Waals surface area contributed by atoms with E-state index in [0.717, 1.165) is 22.2 Å². The molecule has 1 heterocycles. The van der Waals surface area contributed by atoms with Crippen molar-refractivity contribution in [3.8, 4) is 5.75 Å². The van der Waals surface area contributed by atoms with Crippen molar-refractivity contribution in [2.24, 2.45) is 5.73 Å². The third kappa shape index (κ3) is 3.25. The van der Waals surface area contributed by atoms with Crippen LogP contribution < -0.4 is 10.5 Å². The normalized spacial score (nSPS) is 13.8. The Morgan fingerprint density at radius 3 is 2.68 bits per heavy atom. The molecule has 0 aliphatic heterocycles. The van der Waals surface area contributed by atoms with Gasteiger partial charge in [0.05, 0.1) is 13.2 Å². The van der Waals surface area contributed by atoms with Gasteiger partial charge in [0.15, 0.2) is 0 Å². The van der Waals surface area contributed by atoms with E-state index in [1.807, 2.05) is 38.2 Å². The second-order valence-electron chi connectivity index (χ2n) is 5.36. The van der Waals surface area contributed by atoms with Crippen molar-refractivity contribution < 1.29 is 14.3 Å². The zero-order valence-corrected chi connectivity index (χ0v) is 13.4. The highest BCUT2D eigenvalue weighted by Crippen LogP contribution is 2.27. The van der Waals surface area contributed by atoms with Gasteiger partial charge in [-0.25, -0.2) is 0 Å². The molecule has 0 saturated heterocycles. The quantitative estimate of drug-likeness (QED) is 0.771. The van der Waals surface area contributed by atoms with E-state index in [-0.39, 0.29) is 5.97 Å². The zero-order chi connectivity index (χ0) is 16.2. The van der Waals surface area contributed by atoms with Gasteiger partial charge in [0.1, 0.15) is 11.3 Å². The highest BCUT2D eigenvalue weighted by Gasteiger charge is 2.34. The molecule has 0 fully saturated rings. The number of rotatable bonds is 7. The first-order valence-corrected chi connectivity index (χ1v) is 7.73. The SMILES string of the molecule is CCOC(=O)C(N)(CC)Cc1c[nH]c2ccc(OCC)cc12. The molecule has 1 unspecified atom stereocenters. The third-order valence-electron chi connectivity index (χ3n) is 3.87. The zero-order valence-electron chi connectivity index (χ0n) is 13.4. The van der Waals surface area contributed by atoms with E-state index in [0.29, 0.717) is 26.1 Å². The predicted octanol–water partition coefficient (Wildman–Crippen LogP) is 2.78. The molecule has 0 bridgehead atoms. The summed E-state index contributed by atoms with van der Waals surface area (Å²) in [6.45, 7) is 6.58. The first kappa shape index (κ1) is 16.4. The van der Waals surface area contributed by atoms with E-state index in [9.17, 15) is 4.79 Å². The summed E-state index contributed by atoms with van der Waals surface area (Å²) >= 11 is 0. The summed E-state index contributed by atoms with van der Waals surface area (Å²) < 4.78 is 10.7. The van der Waals surface area contributed by atoms with Crippen molar-refractivity contribution in [3.05, 3.63) is 30.0 Å². The van der Waals surface area contributed by atoms with Gasteiger partial charge in [0.25, 0.3) is 0 Å². The second-order valence-corrected chi connectivity index (χ2v) is 5.36. The lowest BCUT2D eigenvalue weighted by molar-refractivity contribution is -0.149. The maximum absolute atomic E-state index is 12.1. The van der Waals surface area contributed by atoms with Crippen molar-refractivity contribution in [3.63, 3.8) is 0 Å². The minimum Gasteiger partial charge on any atom is -0.494 e. The molecule has 1 aromatic heterocycles. The van der Waals surface area contributed by atoms with Crippen molar-refractivity contribution in [2.75, 3.05) is 13.2 Å². The molecule has 2 aromatic rings. The molecule has 5 heteroatoms. The number of hydrogen-bond acceptors (Lipinski definition) is 4. The molecule has 3 N–H and O–H groups in total. The molecular weight excluding hydrogens is 280 g/mol. The van der Waals surface area contributed by atoms with Crippen LogP contribution in [0.25, 0.3) is 10.9 Å². The summed E-state index contributed by atoms with van der Waals surface area (Å²) in [4.78, 5) is 15.4. The maximum Gasteiger partial charge on any atom is 0.326 e. The number of carbonyl (C=O) groups is 1. The van der Waals surface area contributed by atoms with E-state index < -0.39 is 5.54 Å². The number of nitrogens with two attached hydrogens (primary N) is 1. The monoisotopic (exact) mass is 304 g/mol. The molecule has 0 amide bonds. The Hall–Kier alpha value is -2.01. The highest BCUT2D eigenvalue weighted by atomic mass is 16.5. The van der Waals surface area contributed by atoms with E-state index in [2.05, 4.69) is 4.98 Å². The second kappa shape index (κ2) is 6.83. The summed E-state index contributed by atoms with van der Waals surface area (Å²) in [5.41, 5.74) is 7.27. The average molecular weight is 304 g/mol. The lowest BCUT2D eigenvalue weighted by Gasteiger charge is -2.25. The standard InChI is InChI=1S/C17H24N2O3/c1-4-17(18,16(20)22-6-3)10-12-11-19-15-8-7-13(21-5-2)9-14(12)15/h7-9,11,19H,4-6,10,18H2,1-3H3. The number of aromatic amines is 1. The van der Waals surface area contributed by atoms with Gasteiger partial charge in [-0.3, -0.25) is 4.79 Å². The topological polar surface area (TPSA) is 77.3 Å². The van der Waals surface area contributed by atoms with Crippen LogP contribution >= 0.6 is 0 Å². The summed E-state index contributed by atoms with van der Waals surface area (Å²) in [6.07, 6.45) is 2.85. The van der Waals surface area contributed by atoms with E-state index in [4.69, 9.17) is 15.2 Å². The number of hydrogen-bond donors (Lipinski definition) is 2. The number of esters is 1. The van der Waals surface area contributed by atoms with Gasteiger partial charge < -0.3 is 20.2 Å². The first-order valence-electron chi connectivity index (χ1n) is 7.73. The molecule has 2 rings (SSSR count). The number of carbonyl (C=O) groups excluding carboxylic acids is 1. The van der Waals surface area contributed by atoms with Crippen LogP contribution in [0.1, 0.15) is 32.8 Å². The molecule has 0 radical (unpaired) electrons. The Morgan fingerprint density at radius 1 is 1.27 bits per heavy atom. The minimum absolute atomic E-state index is 0.333. The van der Waals surface area contributed by atoms with Gasteiger partial charge in [0.2, 0.25) is 0 Å². The van der Waals surface area contributed by atoms with Gasteiger partial charge in [-0.2, -0.15) is 0 Å². The van der Waals surface area contributed by atoms with Gasteiger partial charge in [0, 0.05) is 23.5 Å². The number of aromatic nitrogens is 1. The van der Waals surface area contributed by atoms with E-state index in [1.54, 1.807) is 6.92 Å². The molecule has 0 spiro atoms. The third-order valence-corrected chi connectivity index (χ3v) is 3.87. The molecular formula is C17H24N2O3. The fourth-order valence-electron chi connectivity index (χ4n) is 2.52. The van der Waals surface area contributed by atoms with Crippen LogP contribution in [0.3, 0.4) is 0 Å². The molecule has 0 saturated carbocycles. The largest absolute Gasteiger partial charge is 0.494 e. The number of fused-ring (bicyclic) bond motifs is 1. The lowest BCUT2D eigenvalue weighted by Crippen LogP contribution is -2.50. The average Bonchev–Trinajstić information content (AvgIpc) is 2.90. The number of nitrogens with one attached hydrogen (secondary N) is 1. The maximum atomic E-state index is 12.1. The van der Waals surface area contributed by atoms with E-state index >= 15 is 0 Å². The lowest BCUT2D eigenvalue weighted by atomic mass is 9.89. The van der Waals surface area contributed by atoms with Crippen LogP contribution in [0.4, 0.5) is 0 Å². The van der Waals surface area contributed by atoms with Crippen molar-refractivity contribution >= 4 is 16.9 Å². The fraction of sp³-hybridized carbons (Fsp3) is 0.471. The Morgan fingerprint density at radius 2 is 2.05 bits per heavy atom. The Balaban J connectivity index is 2.33. The first-order chi connectivity index (χ1) is 10.5. The van der Waals surface area contributed by atoms with Crippen LogP contribution in [0.2, 0.25) is 0 Å². The summed E-state index contributed by atoms with van der Waals surface area (Å²) in [5.74, 6) is 0.457. The summed E-state index contributed by atoms with van der Waals surface area (Å²) in [6, 6.07) is 5.87. The van der Waals surface area contributed by atoms with E-state index in [1.165, 1.54) is 0 Å². The minimum atomic E-state index is -1.01. The number of ether oxygens (including phenoxy) is 2. The van der Waals surface area contributed by atoms with Crippen LogP contribution in [0.5, 0.6) is 5.75 Å². The van der Waals surface area contributed by atoms with Crippen molar-refractivity contribution in [1.82, 2.24) is 4.98 Å². The van der Waals surface area contributed by atoms with Gasteiger partial charge in [-0.15, -0.1) is 0 Å². The summed E-state index contributed by atoms with van der Waals surface area (Å²) in [7, 11) is 0. The number of H-pyrrole nitrogens is 1. The molecule has 5 nitrogen and oxygen atoms in total. The van der Waals surface area contributed by atoms with Crippen LogP contribution in [0, 0.1) is 0 Å². The molecule has 120 valence electrons. The number of benzene rings is 1. The molecule has 22 heavy (non-hydrogen) atoms. The molecule has 0 aliphatic rings. The van der Waals surface area contributed by atoms with Crippen molar-refractivity contribution in [2.45, 2.75) is 39.2 Å². The van der Waals surface area contributed by atoms with Crippen LogP contribution in [0.15, 0.2) is 24.4 Å². The smallest absolute Gasteiger partial charge is 0.326 e. The van der Waals surface area contributed by atoms with Crippen molar-refractivity contribution in [1.29, 1.82) is 0 Å². The predicted molar refractivity (Wildman–Crippen MR) is 87.0 cm³/mol. The van der Waals surface area contributed by atoms with Crippen LogP contribution in [-0.2, 0) is 16.0 Å². The fourth-order valence-corrected chi connectivity index (χ4v) is 2.52. The Labute approximate surface area is 130 Å². The molecule has 1 aromatic carbocycles. The molecule has 0 aliphatic carbocycles. The van der Waals surface area contributed by atoms with Gasteiger partial charge >= 0.3 is 5.97 Å². The van der Waals surface area contributed by atoms with Crippen LogP contribution in [-0.4, -0.2) is 29.7 Å². The van der Waals surface area contributed by atoms with Gasteiger partial charge in [-0.1, -0.05) is 6.92 Å². The molecule has 1 atom stereocenters. The van der Waals surface area contributed by atoms with Gasteiger partial charge in [-0.05, 0) is 44.0 Å². The highest BCUT2D eigenvalue weighted by molar-refractivity contribution is 5.87.